The molecule has 0 unspecified atom stereocenters. The molecule has 0 saturated heterocycles. The average Bonchev–Trinajstić information content (AvgIpc) is 2.62. The Hall–Kier alpha value is -2.67. The summed E-state index contributed by atoms with van der Waals surface area (Å²) in [7, 11) is -3.46. The number of sulfone groups is 1. The molecule has 0 aliphatic rings. The minimum atomic E-state index is -3.46. The zero-order valence-corrected chi connectivity index (χ0v) is 16.6. The normalized spacial score (nSPS) is 12.3. The van der Waals surface area contributed by atoms with Crippen molar-refractivity contribution in [3.8, 4) is 0 Å². The van der Waals surface area contributed by atoms with Crippen LogP contribution in [0.1, 0.15) is 29.8 Å². The Morgan fingerprint density at radius 2 is 1.74 bits per heavy atom. The van der Waals surface area contributed by atoms with Gasteiger partial charge in [0.2, 0.25) is 0 Å². The molecule has 6 nitrogen and oxygen atoms in total. The lowest BCUT2D eigenvalue weighted by molar-refractivity contribution is -0.126. The summed E-state index contributed by atoms with van der Waals surface area (Å²) < 4.78 is 28.8. The maximum atomic E-state index is 12.7. The highest BCUT2D eigenvalue weighted by molar-refractivity contribution is 7.90. The van der Waals surface area contributed by atoms with Crippen LogP contribution in [0.15, 0.2) is 53.4 Å². The summed E-state index contributed by atoms with van der Waals surface area (Å²) in [6, 6.07) is 13.4. The molecule has 7 heteroatoms. The van der Waals surface area contributed by atoms with Crippen LogP contribution in [0.25, 0.3) is 0 Å². The molecule has 2 rings (SSSR count). The number of hydrogen-bond acceptors (Lipinski definition) is 5. The van der Waals surface area contributed by atoms with Crippen LogP contribution in [0.2, 0.25) is 0 Å². The number of amides is 1. The number of ether oxygens (including phenoxy) is 1. The second kappa shape index (κ2) is 8.35. The van der Waals surface area contributed by atoms with E-state index in [2.05, 4.69) is 0 Å². The zero-order chi connectivity index (χ0) is 20.2. The minimum absolute atomic E-state index is 0.0264. The van der Waals surface area contributed by atoms with E-state index >= 15 is 0 Å². The van der Waals surface area contributed by atoms with Crippen molar-refractivity contribution in [1.29, 1.82) is 0 Å². The molecule has 2 aromatic carbocycles. The van der Waals surface area contributed by atoms with Gasteiger partial charge in [-0.1, -0.05) is 24.3 Å². The smallest absolute Gasteiger partial charge is 0.339 e. The number of rotatable bonds is 6. The number of likely N-dealkylation sites (N-methyl/N-ethyl adjacent to an activating group) is 1. The van der Waals surface area contributed by atoms with Crippen LogP contribution in [-0.4, -0.2) is 39.2 Å². The van der Waals surface area contributed by atoms with Crippen LogP contribution in [0.3, 0.4) is 0 Å². The average molecular weight is 389 g/mol. The predicted octanol–water partition coefficient (Wildman–Crippen LogP) is 3.00. The fourth-order valence-corrected chi connectivity index (χ4v) is 3.27. The van der Waals surface area contributed by atoms with Gasteiger partial charge >= 0.3 is 5.97 Å². The molecule has 0 saturated carbocycles. The minimum Gasteiger partial charge on any atom is -0.449 e. The number of esters is 1. The van der Waals surface area contributed by atoms with E-state index in [-0.39, 0.29) is 16.4 Å². The number of carbonyl (C=O) groups excluding carboxylic acids is 2. The van der Waals surface area contributed by atoms with Crippen molar-refractivity contribution in [1.82, 2.24) is 0 Å². The van der Waals surface area contributed by atoms with E-state index in [9.17, 15) is 18.0 Å². The SMILES string of the molecule is CCN(C(=O)[C@H](C)OC(=O)c1cc(S(C)(=O)=O)ccc1C)c1ccccc1. The van der Waals surface area contributed by atoms with Crippen LogP contribution < -0.4 is 4.90 Å². The van der Waals surface area contributed by atoms with E-state index in [0.717, 1.165) is 6.26 Å². The van der Waals surface area contributed by atoms with Crippen molar-refractivity contribution in [3.63, 3.8) is 0 Å². The van der Waals surface area contributed by atoms with Crippen molar-refractivity contribution in [2.75, 3.05) is 17.7 Å². The van der Waals surface area contributed by atoms with Crippen LogP contribution in [-0.2, 0) is 19.4 Å². The Morgan fingerprint density at radius 1 is 1.11 bits per heavy atom. The van der Waals surface area contributed by atoms with Gasteiger partial charge in [-0.2, -0.15) is 0 Å². The Bertz CT molecular complexity index is 938. The second-order valence-electron chi connectivity index (χ2n) is 6.21. The van der Waals surface area contributed by atoms with Gasteiger partial charge in [0, 0.05) is 18.5 Å². The number of carbonyl (C=O) groups is 2. The highest BCUT2D eigenvalue weighted by Gasteiger charge is 2.25. The summed E-state index contributed by atoms with van der Waals surface area (Å²) in [5, 5.41) is 0. The van der Waals surface area contributed by atoms with Crippen molar-refractivity contribution in [2.45, 2.75) is 31.8 Å². The van der Waals surface area contributed by atoms with Crippen molar-refractivity contribution < 1.29 is 22.7 Å². The first-order valence-corrected chi connectivity index (χ1v) is 10.4. The lowest BCUT2D eigenvalue weighted by Gasteiger charge is -2.24. The topological polar surface area (TPSA) is 80.8 Å². The maximum Gasteiger partial charge on any atom is 0.339 e. The summed E-state index contributed by atoms with van der Waals surface area (Å²) in [5.74, 6) is -1.09. The van der Waals surface area contributed by atoms with Gasteiger partial charge in [0.1, 0.15) is 0 Å². The van der Waals surface area contributed by atoms with E-state index in [1.807, 2.05) is 25.1 Å². The Kier molecular flexibility index (Phi) is 6.38. The molecular formula is C20H23NO5S. The lowest BCUT2D eigenvalue weighted by atomic mass is 10.1. The van der Waals surface area contributed by atoms with Crippen LogP contribution in [0.4, 0.5) is 5.69 Å². The molecule has 0 aromatic heterocycles. The van der Waals surface area contributed by atoms with Crippen molar-refractivity contribution >= 4 is 27.4 Å². The Morgan fingerprint density at radius 3 is 2.30 bits per heavy atom. The van der Waals surface area contributed by atoms with Gasteiger partial charge in [0.15, 0.2) is 15.9 Å². The van der Waals surface area contributed by atoms with Crippen molar-refractivity contribution in [2.24, 2.45) is 0 Å². The van der Waals surface area contributed by atoms with Gasteiger partial charge in [-0.3, -0.25) is 4.79 Å². The Balaban J connectivity index is 2.21. The molecule has 0 bridgehead atoms. The highest BCUT2D eigenvalue weighted by atomic mass is 32.2. The van der Waals surface area contributed by atoms with E-state index in [1.54, 1.807) is 25.1 Å². The molecule has 0 aliphatic heterocycles. The third kappa shape index (κ3) is 4.95. The van der Waals surface area contributed by atoms with Crippen LogP contribution in [0.5, 0.6) is 0 Å². The Labute approximate surface area is 159 Å². The summed E-state index contributed by atoms with van der Waals surface area (Å²) in [6.07, 6.45) is 0.0525. The first-order valence-electron chi connectivity index (χ1n) is 8.53. The summed E-state index contributed by atoms with van der Waals surface area (Å²) in [4.78, 5) is 26.8. The molecule has 2 aromatic rings. The molecule has 0 N–H and O–H groups in total. The van der Waals surface area contributed by atoms with Crippen LogP contribution >= 0.6 is 0 Å². The fourth-order valence-electron chi connectivity index (χ4n) is 2.62. The van der Waals surface area contributed by atoms with Gasteiger partial charge in [-0.05, 0) is 50.6 Å². The summed E-state index contributed by atoms with van der Waals surface area (Å²) in [6.45, 7) is 5.44. The molecule has 1 amide bonds. The molecule has 1 atom stereocenters. The molecule has 27 heavy (non-hydrogen) atoms. The van der Waals surface area contributed by atoms with Gasteiger partial charge in [0.05, 0.1) is 10.5 Å². The molecule has 0 heterocycles. The molecule has 144 valence electrons. The molecule has 0 fully saturated rings. The number of para-hydroxylation sites is 1. The largest absolute Gasteiger partial charge is 0.449 e. The van der Waals surface area contributed by atoms with Gasteiger partial charge in [-0.15, -0.1) is 0 Å². The lowest BCUT2D eigenvalue weighted by Crippen LogP contribution is -2.40. The van der Waals surface area contributed by atoms with Gasteiger partial charge in [0.25, 0.3) is 5.91 Å². The number of aryl methyl sites for hydroxylation is 1. The van der Waals surface area contributed by atoms with E-state index in [0.29, 0.717) is 17.8 Å². The first kappa shape index (κ1) is 20.6. The maximum absolute atomic E-state index is 12.7. The van der Waals surface area contributed by atoms with E-state index < -0.39 is 21.9 Å². The number of anilines is 1. The summed E-state index contributed by atoms with van der Waals surface area (Å²) >= 11 is 0. The first-order chi connectivity index (χ1) is 12.6. The highest BCUT2D eigenvalue weighted by Crippen LogP contribution is 2.19. The van der Waals surface area contributed by atoms with Crippen molar-refractivity contribution in [3.05, 3.63) is 59.7 Å². The number of benzene rings is 2. The zero-order valence-electron chi connectivity index (χ0n) is 15.8. The predicted molar refractivity (Wildman–Crippen MR) is 104 cm³/mol. The third-order valence-electron chi connectivity index (χ3n) is 4.14. The molecule has 0 aliphatic carbocycles. The number of hydrogen-bond donors (Lipinski definition) is 0. The second-order valence-corrected chi connectivity index (χ2v) is 8.23. The monoisotopic (exact) mass is 389 g/mol. The fraction of sp³-hybridized carbons (Fsp3) is 0.300. The molecule has 0 radical (unpaired) electrons. The third-order valence-corrected chi connectivity index (χ3v) is 5.25. The molecule has 0 spiro atoms. The van der Waals surface area contributed by atoms with Gasteiger partial charge < -0.3 is 9.64 Å². The van der Waals surface area contributed by atoms with E-state index in [1.165, 1.54) is 24.0 Å². The van der Waals surface area contributed by atoms with Crippen LogP contribution in [0, 0.1) is 6.92 Å². The number of nitrogens with zero attached hydrogens (tertiary/aromatic N) is 1. The van der Waals surface area contributed by atoms with E-state index in [4.69, 9.17) is 4.74 Å². The van der Waals surface area contributed by atoms with Gasteiger partial charge in [-0.25, -0.2) is 13.2 Å². The summed E-state index contributed by atoms with van der Waals surface area (Å²) in [5.41, 5.74) is 1.41. The standard InChI is InChI=1S/C20H23NO5S/c1-5-21(16-9-7-6-8-10-16)19(22)15(3)26-20(23)18-13-17(27(4,24)25)12-11-14(18)2/h6-13,15H,5H2,1-4H3/t15-/m0/s1. The quantitative estimate of drug-likeness (QED) is 0.710. The molecular weight excluding hydrogens is 366 g/mol.